The molecule has 3 aliphatic rings. The highest BCUT2D eigenvalue weighted by molar-refractivity contribution is 7.90. The van der Waals surface area contributed by atoms with Gasteiger partial charge in [0.15, 0.2) is 0 Å². The Morgan fingerprint density at radius 1 is 1.13 bits per heavy atom. The predicted molar refractivity (Wildman–Crippen MR) is 151 cm³/mol. The summed E-state index contributed by atoms with van der Waals surface area (Å²) < 4.78 is 29.5. The minimum Gasteiger partial charge on any atom is -0.376 e. The molecule has 3 aromatic rings. The van der Waals surface area contributed by atoms with Crippen LogP contribution in [-0.4, -0.2) is 73.3 Å². The smallest absolute Gasteiger partial charge is 0.227 e. The van der Waals surface area contributed by atoms with Gasteiger partial charge in [0, 0.05) is 54.8 Å². The van der Waals surface area contributed by atoms with Crippen LogP contribution in [0.15, 0.2) is 36.7 Å². The Labute approximate surface area is 224 Å². The zero-order chi connectivity index (χ0) is 26.6. The molecule has 0 unspecified atom stereocenters. The van der Waals surface area contributed by atoms with Crippen LogP contribution in [0.1, 0.15) is 45.1 Å². The first-order chi connectivity index (χ1) is 18.2. The number of nitrogens with one attached hydrogen (secondary N) is 1. The van der Waals surface area contributed by atoms with Gasteiger partial charge in [-0.15, -0.1) is 0 Å². The summed E-state index contributed by atoms with van der Waals surface area (Å²) in [5.74, 6) is 2.89. The maximum Gasteiger partial charge on any atom is 0.227 e. The van der Waals surface area contributed by atoms with Crippen molar-refractivity contribution >= 4 is 43.9 Å². The number of piperidine rings is 1. The van der Waals surface area contributed by atoms with Gasteiger partial charge in [0.25, 0.3) is 0 Å². The molecule has 4 atom stereocenters. The fourth-order valence-corrected chi connectivity index (χ4v) is 7.34. The lowest BCUT2D eigenvalue weighted by molar-refractivity contribution is 0.111. The third-order valence-electron chi connectivity index (χ3n) is 8.31. The molecule has 0 radical (unpaired) electrons. The van der Waals surface area contributed by atoms with E-state index in [-0.39, 0.29) is 17.7 Å². The third-order valence-corrected chi connectivity index (χ3v) is 9.35. The summed E-state index contributed by atoms with van der Waals surface area (Å²) in [5, 5.41) is 5.63. The lowest BCUT2D eigenvalue weighted by Crippen LogP contribution is -2.57. The molecule has 9 nitrogen and oxygen atoms in total. The summed E-state index contributed by atoms with van der Waals surface area (Å²) in [6, 6.07) is 8.83. The monoisotopic (exact) mass is 536 g/mol. The Morgan fingerprint density at radius 3 is 2.74 bits per heavy atom. The van der Waals surface area contributed by atoms with E-state index >= 15 is 0 Å². The molecule has 3 fully saturated rings. The van der Waals surface area contributed by atoms with E-state index in [1.54, 1.807) is 6.20 Å². The molecule has 202 valence electrons. The summed E-state index contributed by atoms with van der Waals surface area (Å²) in [6.07, 6.45) is 7.47. The molecule has 1 N–H and O–H groups in total. The number of pyridine rings is 1. The summed E-state index contributed by atoms with van der Waals surface area (Å²) in [7, 11) is -3.00. The van der Waals surface area contributed by atoms with E-state index in [4.69, 9.17) is 14.7 Å². The number of hydrogen-bond acceptors (Lipinski definition) is 9. The van der Waals surface area contributed by atoms with Crippen molar-refractivity contribution in [2.75, 3.05) is 46.8 Å². The first-order valence-corrected chi connectivity index (χ1v) is 15.6. The Morgan fingerprint density at radius 2 is 1.97 bits per heavy atom. The Balaban J connectivity index is 1.27. The zero-order valence-corrected chi connectivity index (χ0v) is 23.3. The Bertz CT molecular complexity index is 1460. The van der Waals surface area contributed by atoms with E-state index in [1.165, 1.54) is 11.8 Å². The van der Waals surface area contributed by atoms with Gasteiger partial charge >= 0.3 is 0 Å². The van der Waals surface area contributed by atoms with Crippen molar-refractivity contribution in [2.24, 2.45) is 5.92 Å². The van der Waals surface area contributed by atoms with E-state index in [0.29, 0.717) is 23.9 Å². The predicted octanol–water partition coefficient (Wildman–Crippen LogP) is 4.13. The van der Waals surface area contributed by atoms with Gasteiger partial charge in [0.2, 0.25) is 5.95 Å². The lowest BCUT2D eigenvalue weighted by Gasteiger charge is -2.48. The van der Waals surface area contributed by atoms with Crippen LogP contribution in [0, 0.1) is 5.92 Å². The fourth-order valence-electron chi connectivity index (χ4n) is 6.18. The van der Waals surface area contributed by atoms with Gasteiger partial charge in [0.05, 0.1) is 24.5 Å². The summed E-state index contributed by atoms with van der Waals surface area (Å²) in [6.45, 7) is 8.89. The molecular formula is C28H36N6O3S. The normalized spacial score (nSPS) is 25.2. The molecule has 3 saturated heterocycles. The minimum atomic E-state index is -3.00. The molecule has 2 aromatic heterocycles. The molecule has 3 aliphatic heterocycles. The highest BCUT2D eigenvalue weighted by Crippen LogP contribution is 2.39. The van der Waals surface area contributed by atoms with Crippen molar-refractivity contribution in [3.8, 4) is 0 Å². The highest BCUT2D eigenvalue weighted by Gasteiger charge is 2.38. The van der Waals surface area contributed by atoms with Gasteiger partial charge < -0.3 is 19.9 Å². The number of sulfone groups is 1. The molecule has 0 aliphatic carbocycles. The number of benzene rings is 1. The van der Waals surface area contributed by atoms with E-state index in [0.717, 1.165) is 60.8 Å². The Kier molecular flexibility index (Phi) is 6.42. The largest absolute Gasteiger partial charge is 0.376 e. The maximum atomic E-state index is 11.8. The molecule has 10 heteroatoms. The van der Waals surface area contributed by atoms with Crippen molar-refractivity contribution < 1.29 is 13.2 Å². The fraction of sp³-hybridized carbons (Fsp3) is 0.536. The number of hydrogen-bond donors (Lipinski definition) is 1. The molecule has 2 bridgehead atoms. The molecule has 6 rings (SSSR count). The van der Waals surface area contributed by atoms with Gasteiger partial charge in [-0.1, -0.05) is 19.9 Å². The van der Waals surface area contributed by atoms with Gasteiger partial charge in [0.1, 0.15) is 21.5 Å². The molecule has 0 spiro atoms. The SMILES string of the molecule is CC(C)c1ccc(N2C[C@@H](CS(C)(=O)=O)[C@@H]2C)c2cnc(Nc3ccnc(N4CC[C@H]5C[C@@H]4CO5)n3)cc12. The van der Waals surface area contributed by atoms with Crippen LogP contribution in [0.25, 0.3) is 10.8 Å². The van der Waals surface area contributed by atoms with Crippen molar-refractivity contribution in [1.29, 1.82) is 0 Å². The number of ether oxygens (including phenoxy) is 1. The molecule has 38 heavy (non-hydrogen) atoms. The van der Waals surface area contributed by atoms with Gasteiger partial charge in [-0.2, -0.15) is 4.98 Å². The second-order valence-corrected chi connectivity index (χ2v) is 13.6. The summed E-state index contributed by atoms with van der Waals surface area (Å²) in [4.78, 5) is 18.7. The first kappa shape index (κ1) is 25.3. The van der Waals surface area contributed by atoms with Crippen molar-refractivity contribution in [3.05, 3.63) is 42.2 Å². The highest BCUT2D eigenvalue weighted by atomic mass is 32.2. The zero-order valence-electron chi connectivity index (χ0n) is 22.5. The third kappa shape index (κ3) is 4.80. The number of rotatable bonds is 7. The van der Waals surface area contributed by atoms with Crippen LogP contribution >= 0.6 is 0 Å². The van der Waals surface area contributed by atoms with E-state index in [1.807, 2.05) is 12.3 Å². The molecule has 0 amide bonds. The van der Waals surface area contributed by atoms with Crippen LogP contribution in [0.2, 0.25) is 0 Å². The quantitative estimate of drug-likeness (QED) is 0.478. The molecule has 1 aromatic carbocycles. The van der Waals surface area contributed by atoms with E-state index < -0.39 is 9.84 Å². The standard InChI is InChI=1S/C28H36N6O3S/c1-17(2)22-5-6-25(34-14-19(18(34)3)16-38(4,35)36)24-13-30-27(12-23(22)24)31-26-7-9-29-28(32-26)33-10-8-21-11-20(33)15-37-21/h5-7,9,12-13,17-21H,8,10-11,14-16H2,1-4H3,(H,29,30,31,32)/t18-,19-,20+,21-/m0/s1. The lowest BCUT2D eigenvalue weighted by atomic mass is 9.88. The summed E-state index contributed by atoms with van der Waals surface area (Å²) >= 11 is 0. The molecule has 0 saturated carbocycles. The number of anilines is 4. The van der Waals surface area contributed by atoms with Crippen molar-refractivity contribution in [3.63, 3.8) is 0 Å². The van der Waals surface area contributed by atoms with Crippen LogP contribution in [0.5, 0.6) is 0 Å². The van der Waals surface area contributed by atoms with Crippen LogP contribution in [0.3, 0.4) is 0 Å². The Hall–Kier alpha value is -2.98. The molecular weight excluding hydrogens is 500 g/mol. The van der Waals surface area contributed by atoms with E-state index in [2.05, 4.69) is 59.1 Å². The van der Waals surface area contributed by atoms with Crippen LogP contribution < -0.4 is 15.1 Å². The second-order valence-electron chi connectivity index (χ2n) is 11.4. The van der Waals surface area contributed by atoms with Gasteiger partial charge in [-0.25, -0.2) is 18.4 Å². The maximum absolute atomic E-state index is 11.8. The number of aromatic nitrogens is 3. The van der Waals surface area contributed by atoms with Gasteiger partial charge in [-0.05, 0) is 54.8 Å². The van der Waals surface area contributed by atoms with Crippen LogP contribution in [-0.2, 0) is 14.6 Å². The molecule has 5 heterocycles. The number of nitrogens with zero attached hydrogens (tertiary/aromatic N) is 5. The second kappa shape index (κ2) is 9.64. The van der Waals surface area contributed by atoms with E-state index in [9.17, 15) is 8.42 Å². The average molecular weight is 537 g/mol. The topological polar surface area (TPSA) is 101 Å². The van der Waals surface area contributed by atoms with Gasteiger partial charge in [-0.3, -0.25) is 0 Å². The number of fused-ring (bicyclic) bond motifs is 3. The van der Waals surface area contributed by atoms with Crippen molar-refractivity contribution in [1.82, 2.24) is 15.0 Å². The van der Waals surface area contributed by atoms with Crippen LogP contribution in [0.4, 0.5) is 23.3 Å². The van der Waals surface area contributed by atoms with Crippen molar-refractivity contribution in [2.45, 2.75) is 57.7 Å². The first-order valence-electron chi connectivity index (χ1n) is 13.5. The summed E-state index contributed by atoms with van der Waals surface area (Å²) in [5.41, 5.74) is 2.36. The minimum absolute atomic E-state index is 0.146. The average Bonchev–Trinajstić information content (AvgIpc) is 3.25.